The number of benzene rings is 1. The summed E-state index contributed by atoms with van der Waals surface area (Å²) in [5.74, 6) is -0.414. The van der Waals surface area contributed by atoms with Crippen molar-refractivity contribution in [3.8, 4) is 0 Å². The first-order valence-corrected chi connectivity index (χ1v) is 9.57. The number of carbonyl (C=O) groups is 2. The zero-order valence-corrected chi connectivity index (χ0v) is 16.2. The van der Waals surface area contributed by atoms with Gasteiger partial charge < -0.3 is 9.64 Å². The summed E-state index contributed by atoms with van der Waals surface area (Å²) >= 11 is 1.68. The lowest BCUT2D eigenvalue weighted by Gasteiger charge is -2.36. The molecule has 0 fully saturated rings. The van der Waals surface area contributed by atoms with Gasteiger partial charge in [0.25, 0.3) is 0 Å². The van der Waals surface area contributed by atoms with E-state index >= 15 is 0 Å². The maximum absolute atomic E-state index is 13.0. The van der Waals surface area contributed by atoms with Crippen molar-refractivity contribution < 1.29 is 14.3 Å². The topological polar surface area (TPSA) is 49.9 Å². The van der Waals surface area contributed by atoms with Crippen molar-refractivity contribution in [2.24, 2.45) is 0 Å². The molecule has 0 spiro atoms. The largest absolute Gasteiger partial charge is 0.467 e. The van der Waals surface area contributed by atoms with Crippen molar-refractivity contribution in [3.63, 3.8) is 0 Å². The van der Waals surface area contributed by atoms with Crippen molar-refractivity contribution in [1.29, 1.82) is 0 Å². The summed E-state index contributed by atoms with van der Waals surface area (Å²) in [6, 6.07) is 11.6. The highest BCUT2D eigenvalue weighted by Crippen LogP contribution is 2.26. The molecule has 1 aromatic heterocycles. The van der Waals surface area contributed by atoms with Crippen molar-refractivity contribution in [2.45, 2.75) is 32.0 Å². The number of hydrogen-bond acceptors (Lipinski definition) is 5. The van der Waals surface area contributed by atoms with Gasteiger partial charge in [0.1, 0.15) is 6.04 Å². The number of likely N-dealkylation sites (N-methyl/N-ethyl adjacent to an activating group) is 1. The Morgan fingerprint density at radius 3 is 2.65 bits per heavy atom. The van der Waals surface area contributed by atoms with Crippen LogP contribution in [0.4, 0.5) is 0 Å². The summed E-state index contributed by atoms with van der Waals surface area (Å²) in [5.41, 5.74) is 2.20. The molecule has 0 bridgehead atoms. The quantitative estimate of drug-likeness (QED) is 0.758. The van der Waals surface area contributed by atoms with E-state index in [1.165, 1.54) is 12.0 Å². The van der Waals surface area contributed by atoms with Crippen LogP contribution in [0.1, 0.15) is 29.0 Å². The Labute approximate surface area is 158 Å². The SMILES string of the molecule is COC(=O)C1Cc2ccccc2CN1C(=O)CN(C)C(C)c1cccs1. The molecular formula is C20H24N2O3S. The Hall–Kier alpha value is -2.18. The number of fused-ring (bicyclic) bond motifs is 1. The van der Waals surface area contributed by atoms with Crippen LogP contribution in [0.5, 0.6) is 0 Å². The lowest BCUT2D eigenvalue weighted by atomic mass is 9.94. The van der Waals surface area contributed by atoms with Gasteiger partial charge in [-0.3, -0.25) is 9.69 Å². The molecule has 1 aliphatic heterocycles. The summed E-state index contributed by atoms with van der Waals surface area (Å²) in [4.78, 5) is 30.2. The third kappa shape index (κ3) is 3.81. The number of hydrogen-bond donors (Lipinski definition) is 0. The fourth-order valence-corrected chi connectivity index (χ4v) is 4.17. The van der Waals surface area contributed by atoms with Gasteiger partial charge in [0.05, 0.1) is 13.7 Å². The molecule has 2 heterocycles. The van der Waals surface area contributed by atoms with Gasteiger partial charge in [0.15, 0.2) is 0 Å². The molecule has 2 atom stereocenters. The molecule has 0 N–H and O–H groups in total. The number of thiophene rings is 1. The average molecular weight is 372 g/mol. The Balaban J connectivity index is 1.76. The van der Waals surface area contributed by atoms with Crippen LogP contribution in [0.25, 0.3) is 0 Å². The summed E-state index contributed by atoms with van der Waals surface area (Å²) in [6.45, 7) is 2.78. The van der Waals surface area contributed by atoms with Crippen LogP contribution in [0.3, 0.4) is 0 Å². The second-order valence-corrected chi connectivity index (χ2v) is 7.62. The van der Waals surface area contributed by atoms with E-state index in [2.05, 4.69) is 13.0 Å². The third-order valence-corrected chi connectivity index (χ3v) is 6.09. The van der Waals surface area contributed by atoms with E-state index < -0.39 is 6.04 Å². The van der Waals surface area contributed by atoms with E-state index in [-0.39, 0.29) is 24.5 Å². The van der Waals surface area contributed by atoms with Crippen LogP contribution in [0.2, 0.25) is 0 Å². The minimum Gasteiger partial charge on any atom is -0.467 e. The minimum atomic E-state index is -0.562. The summed E-state index contributed by atoms with van der Waals surface area (Å²) < 4.78 is 4.95. The van der Waals surface area contributed by atoms with E-state index in [1.54, 1.807) is 16.2 Å². The molecule has 0 radical (unpaired) electrons. The van der Waals surface area contributed by atoms with E-state index in [0.29, 0.717) is 13.0 Å². The highest BCUT2D eigenvalue weighted by Gasteiger charge is 2.35. The molecule has 2 unspecified atom stereocenters. The number of rotatable bonds is 5. The van der Waals surface area contributed by atoms with Crippen LogP contribution < -0.4 is 0 Å². The maximum Gasteiger partial charge on any atom is 0.328 e. The molecular weight excluding hydrogens is 348 g/mol. The Morgan fingerprint density at radius 2 is 2.00 bits per heavy atom. The first-order valence-electron chi connectivity index (χ1n) is 8.69. The van der Waals surface area contributed by atoms with Gasteiger partial charge in [-0.25, -0.2) is 4.79 Å². The number of methoxy groups -OCH3 is 1. The van der Waals surface area contributed by atoms with Crippen molar-refractivity contribution >= 4 is 23.2 Å². The lowest BCUT2D eigenvalue weighted by Crippen LogP contribution is -2.51. The smallest absolute Gasteiger partial charge is 0.328 e. The van der Waals surface area contributed by atoms with Gasteiger partial charge in [-0.2, -0.15) is 0 Å². The fourth-order valence-electron chi connectivity index (χ4n) is 3.32. The lowest BCUT2D eigenvalue weighted by molar-refractivity contribution is -0.154. The van der Waals surface area contributed by atoms with Crippen LogP contribution in [0.15, 0.2) is 41.8 Å². The van der Waals surface area contributed by atoms with Gasteiger partial charge in [-0.15, -0.1) is 11.3 Å². The Kier molecular flexibility index (Phi) is 5.74. The standard InChI is InChI=1S/C20H24N2O3S/c1-14(18-9-6-10-26-18)21(2)13-19(23)22-12-16-8-5-4-7-15(16)11-17(22)20(24)25-3/h4-10,14,17H,11-13H2,1-3H3. The monoisotopic (exact) mass is 372 g/mol. The second kappa shape index (κ2) is 8.01. The van der Waals surface area contributed by atoms with E-state index in [9.17, 15) is 9.59 Å². The molecule has 26 heavy (non-hydrogen) atoms. The normalized spacial score (nSPS) is 17.7. The zero-order chi connectivity index (χ0) is 18.7. The molecule has 138 valence electrons. The summed E-state index contributed by atoms with van der Waals surface area (Å²) in [7, 11) is 3.31. The third-order valence-electron chi connectivity index (χ3n) is 5.04. The number of nitrogens with zero attached hydrogens (tertiary/aromatic N) is 2. The molecule has 1 aromatic carbocycles. The van der Waals surface area contributed by atoms with E-state index in [0.717, 1.165) is 11.1 Å². The van der Waals surface area contributed by atoms with Gasteiger partial charge in [0, 0.05) is 23.9 Å². The molecule has 2 aromatic rings. The Bertz CT molecular complexity index is 775. The van der Waals surface area contributed by atoms with Crippen molar-refractivity contribution in [3.05, 3.63) is 57.8 Å². The van der Waals surface area contributed by atoms with Crippen LogP contribution >= 0.6 is 11.3 Å². The maximum atomic E-state index is 13.0. The number of amides is 1. The summed E-state index contributed by atoms with van der Waals surface area (Å²) in [5, 5.41) is 2.04. The molecule has 3 rings (SSSR count). The van der Waals surface area contributed by atoms with E-state index in [4.69, 9.17) is 4.74 Å². The van der Waals surface area contributed by atoms with Crippen LogP contribution in [-0.2, 0) is 27.3 Å². The predicted molar refractivity (Wildman–Crippen MR) is 102 cm³/mol. The highest BCUT2D eigenvalue weighted by molar-refractivity contribution is 7.10. The molecule has 1 aliphatic rings. The number of esters is 1. The van der Waals surface area contributed by atoms with Gasteiger partial charge in [-0.05, 0) is 36.5 Å². The van der Waals surface area contributed by atoms with Gasteiger partial charge in [-0.1, -0.05) is 30.3 Å². The molecule has 1 amide bonds. The predicted octanol–water partition coefficient (Wildman–Crippen LogP) is 2.87. The van der Waals surface area contributed by atoms with Crippen molar-refractivity contribution in [2.75, 3.05) is 20.7 Å². The van der Waals surface area contributed by atoms with Gasteiger partial charge >= 0.3 is 5.97 Å². The molecule has 0 saturated heterocycles. The van der Waals surface area contributed by atoms with Crippen LogP contribution in [0, 0.1) is 0 Å². The molecule has 5 nitrogen and oxygen atoms in total. The summed E-state index contributed by atoms with van der Waals surface area (Å²) in [6.07, 6.45) is 0.499. The second-order valence-electron chi connectivity index (χ2n) is 6.64. The van der Waals surface area contributed by atoms with Gasteiger partial charge in [0.2, 0.25) is 5.91 Å². The molecule has 0 saturated carbocycles. The molecule has 0 aliphatic carbocycles. The Morgan fingerprint density at radius 1 is 1.27 bits per heavy atom. The number of ether oxygens (including phenoxy) is 1. The highest BCUT2D eigenvalue weighted by atomic mass is 32.1. The molecule has 6 heteroatoms. The van der Waals surface area contributed by atoms with E-state index in [1.807, 2.05) is 47.7 Å². The van der Waals surface area contributed by atoms with Crippen LogP contribution in [-0.4, -0.2) is 48.4 Å². The fraction of sp³-hybridized carbons (Fsp3) is 0.400. The first-order chi connectivity index (χ1) is 12.5. The number of carbonyl (C=O) groups excluding carboxylic acids is 2. The zero-order valence-electron chi connectivity index (χ0n) is 15.3. The average Bonchev–Trinajstić information content (AvgIpc) is 3.20. The minimum absolute atomic E-state index is 0.0548. The van der Waals surface area contributed by atoms with Crippen molar-refractivity contribution in [1.82, 2.24) is 9.80 Å². The first kappa shape index (κ1) is 18.6.